The third-order valence-corrected chi connectivity index (χ3v) is 4.13. The van der Waals surface area contributed by atoms with Crippen LogP contribution in [0, 0.1) is 5.82 Å². The molecule has 1 unspecified atom stereocenters. The van der Waals surface area contributed by atoms with Crippen molar-refractivity contribution in [2.24, 2.45) is 0 Å². The first-order chi connectivity index (χ1) is 9.70. The summed E-state index contributed by atoms with van der Waals surface area (Å²) in [7, 11) is 0. The minimum atomic E-state index is -0.211. The highest BCUT2D eigenvalue weighted by Gasteiger charge is 2.22. The van der Waals surface area contributed by atoms with E-state index in [0.29, 0.717) is 10.5 Å². The highest BCUT2D eigenvalue weighted by Crippen LogP contribution is 2.19. The maximum Gasteiger partial charge on any atom is 0.137 e. The van der Waals surface area contributed by atoms with Gasteiger partial charge in [0.15, 0.2) is 0 Å². The summed E-state index contributed by atoms with van der Waals surface area (Å²) in [5, 5.41) is 3.45. The van der Waals surface area contributed by atoms with Crippen molar-refractivity contribution < 1.29 is 9.13 Å². The van der Waals surface area contributed by atoms with Crippen molar-refractivity contribution in [3.63, 3.8) is 0 Å². The number of morpholine rings is 1. The summed E-state index contributed by atoms with van der Waals surface area (Å²) in [6.45, 7) is 7.43. The lowest BCUT2D eigenvalue weighted by Gasteiger charge is -2.35. The molecular formula is C15H22BrFN2O. The largest absolute Gasteiger partial charge is 0.378 e. The normalized spacial score (nSPS) is 20.2. The molecule has 1 aliphatic heterocycles. The monoisotopic (exact) mass is 344 g/mol. The number of halogens is 2. The van der Waals surface area contributed by atoms with Gasteiger partial charge in [0.1, 0.15) is 5.82 Å². The Morgan fingerprint density at radius 1 is 1.50 bits per heavy atom. The molecule has 0 radical (unpaired) electrons. The van der Waals surface area contributed by atoms with E-state index < -0.39 is 0 Å². The summed E-state index contributed by atoms with van der Waals surface area (Å²) in [4.78, 5) is 2.41. The molecule has 1 N–H and O–H groups in total. The van der Waals surface area contributed by atoms with Gasteiger partial charge in [0.25, 0.3) is 0 Å². The van der Waals surface area contributed by atoms with Gasteiger partial charge in [0.2, 0.25) is 0 Å². The van der Waals surface area contributed by atoms with Crippen LogP contribution in [-0.2, 0) is 11.3 Å². The molecule has 0 saturated carbocycles. The van der Waals surface area contributed by atoms with Crippen LogP contribution >= 0.6 is 15.9 Å². The van der Waals surface area contributed by atoms with E-state index in [4.69, 9.17) is 4.74 Å². The molecule has 1 heterocycles. The maximum absolute atomic E-state index is 13.3. The fourth-order valence-electron chi connectivity index (χ4n) is 2.40. The standard InChI is InChI=1S/C15H22BrFN2O/c1-2-5-18-9-13-11-20-7-6-19(13)10-12-3-4-15(17)14(16)8-12/h3-4,8,13,18H,2,5-7,9-11H2,1H3. The number of hydrogen-bond acceptors (Lipinski definition) is 3. The summed E-state index contributed by atoms with van der Waals surface area (Å²) in [6, 6.07) is 5.62. The molecule has 5 heteroatoms. The SMILES string of the molecule is CCCNCC1COCCN1Cc1ccc(F)c(Br)c1. The van der Waals surface area contributed by atoms with Gasteiger partial charge >= 0.3 is 0 Å². The van der Waals surface area contributed by atoms with Gasteiger partial charge in [-0.15, -0.1) is 0 Å². The third kappa shape index (κ3) is 4.52. The van der Waals surface area contributed by atoms with Crippen molar-refractivity contribution in [3.05, 3.63) is 34.1 Å². The molecule has 0 aliphatic carbocycles. The van der Waals surface area contributed by atoms with E-state index in [1.165, 1.54) is 6.07 Å². The lowest BCUT2D eigenvalue weighted by Crippen LogP contribution is -2.49. The van der Waals surface area contributed by atoms with Crippen LogP contribution in [0.1, 0.15) is 18.9 Å². The Hall–Kier alpha value is -0.490. The third-order valence-electron chi connectivity index (χ3n) is 3.53. The van der Waals surface area contributed by atoms with E-state index >= 15 is 0 Å². The topological polar surface area (TPSA) is 24.5 Å². The number of benzene rings is 1. The van der Waals surface area contributed by atoms with Crippen molar-refractivity contribution in [1.29, 1.82) is 0 Å². The molecule has 0 spiro atoms. The predicted octanol–water partition coefficient (Wildman–Crippen LogP) is 2.79. The van der Waals surface area contributed by atoms with Gasteiger partial charge < -0.3 is 10.1 Å². The molecule has 1 aliphatic rings. The summed E-state index contributed by atoms with van der Waals surface area (Å²) in [5.41, 5.74) is 1.13. The molecule has 112 valence electrons. The summed E-state index contributed by atoms with van der Waals surface area (Å²) < 4.78 is 19.4. The van der Waals surface area contributed by atoms with Gasteiger partial charge in [0.05, 0.1) is 17.7 Å². The average molecular weight is 345 g/mol. The van der Waals surface area contributed by atoms with Crippen LogP contribution in [0.2, 0.25) is 0 Å². The number of nitrogens with one attached hydrogen (secondary N) is 1. The Bertz CT molecular complexity index is 430. The van der Waals surface area contributed by atoms with Gasteiger partial charge in [-0.3, -0.25) is 4.90 Å². The Kier molecular flexibility index (Phi) is 6.42. The Morgan fingerprint density at radius 2 is 2.35 bits per heavy atom. The minimum absolute atomic E-state index is 0.211. The molecule has 0 aromatic heterocycles. The van der Waals surface area contributed by atoms with Gasteiger partial charge in [0, 0.05) is 25.7 Å². The second-order valence-corrected chi connectivity index (χ2v) is 6.01. The number of ether oxygens (including phenoxy) is 1. The van der Waals surface area contributed by atoms with Crippen LogP contribution in [0.25, 0.3) is 0 Å². The molecular weight excluding hydrogens is 323 g/mol. The summed E-state index contributed by atoms with van der Waals surface area (Å²) >= 11 is 3.25. The summed E-state index contributed by atoms with van der Waals surface area (Å²) in [5.74, 6) is -0.211. The lowest BCUT2D eigenvalue weighted by molar-refractivity contribution is -0.0108. The molecule has 0 bridgehead atoms. The van der Waals surface area contributed by atoms with Gasteiger partial charge in [-0.1, -0.05) is 13.0 Å². The van der Waals surface area contributed by atoms with Gasteiger partial charge in [-0.05, 0) is 46.6 Å². The Morgan fingerprint density at radius 3 is 3.10 bits per heavy atom. The van der Waals surface area contributed by atoms with Crippen LogP contribution in [0.5, 0.6) is 0 Å². The Balaban J connectivity index is 1.95. The van der Waals surface area contributed by atoms with Crippen LogP contribution in [0.15, 0.2) is 22.7 Å². The summed E-state index contributed by atoms with van der Waals surface area (Å²) in [6.07, 6.45) is 1.14. The Labute approximate surface area is 128 Å². The molecule has 20 heavy (non-hydrogen) atoms. The van der Waals surface area contributed by atoms with E-state index in [0.717, 1.165) is 51.4 Å². The zero-order chi connectivity index (χ0) is 14.4. The first-order valence-electron chi connectivity index (χ1n) is 7.17. The molecule has 0 amide bonds. The van der Waals surface area contributed by atoms with Gasteiger partial charge in [-0.2, -0.15) is 0 Å². The number of nitrogens with zero attached hydrogens (tertiary/aromatic N) is 1. The smallest absolute Gasteiger partial charge is 0.137 e. The number of rotatable bonds is 6. The van der Waals surface area contributed by atoms with Crippen LogP contribution in [0.3, 0.4) is 0 Å². The first-order valence-corrected chi connectivity index (χ1v) is 7.96. The van der Waals surface area contributed by atoms with Crippen LogP contribution in [0.4, 0.5) is 4.39 Å². The zero-order valence-corrected chi connectivity index (χ0v) is 13.5. The van der Waals surface area contributed by atoms with Crippen molar-refractivity contribution >= 4 is 15.9 Å². The maximum atomic E-state index is 13.3. The molecule has 1 fully saturated rings. The van der Waals surface area contributed by atoms with E-state index in [-0.39, 0.29) is 5.82 Å². The second kappa shape index (κ2) is 8.08. The fourth-order valence-corrected chi connectivity index (χ4v) is 2.83. The van der Waals surface area contributed by atoms with Crippen LogP contribution < -0.4 is 5.32 Å². The molecule has 1 saturated heterocycles. The number of hydrogen-bond donors (Lipinski definition) is 1. The zero-order valence-electron chi connectivity index (χ0n) is 11.9. The molecule has 1 atom stereocenters. The highest BCUT2D eigenvalue weighted by atomic mass is 79.9. The second-order valence-electron chi connectivity index (χ2n) is 5.15. The average Bonchev–Trinajstić information content (AvgIpc) is 2.45. The highest BCUT2D eigenvalue weighted by molar-refractivity contribution is 9.10. The molecule has 1 aromatic rings. The lowest BCUT2D eigenvalue weighted by atomic mass is 10.1. The van der Waals surface area contributed by atoms with Crippen LogP contribution in [-0.4, -0.2) is 43.8 Å². The van der Waals surface area contributed by atoms with Crippen molar-refractivity contribution in [3.8, 4) is 0 Å². The molecule has 2 rings (SSSR count). The van der Waals surface area contributed by atoms with Crippen molar-refractivity contribution in [1.82, 2.24) is 10.2 Å². The van der Waals surface area contributed by atoms with Gasteiger partial charge in [-0.25, -0.2) is 4.39 Å². The fraction of sp³-hybridized carbons (Fsp3) is 0.600. The van der Waals surface area contributed by atoms with Crippen molar-refractivity contribution in [2.75, 3.05) is 32.8 Å². The molecule has 3 nitrogen and oxygen atoms in total. The predicted molar refractivity (Wildman–Crippen MR) is 82.3 cm³/mol. The van der Waals surface area contributed by atoms with E-state index in [9.17, 15) is 4.39 Å². The van der Waals surface area contributed by atoms with Crippen molar-refractivity contribution in [2.45, 2.75) is 25.9 Å². The minimum Gasteiger partial charge on any atom is -0.378 e. The van der Waals surface area contributed by atoms with E-state index in [1.54, 1.807) is 0 Å². The van der Waals surface area contributed by atoms with E-state index in [1.807, 2.05) is 12.1 Å². The van der Waals surface area contributed by atoms with E-state index in [2.05, 4.69) is 33.1 Å². The first kappa shape index (κ1) is 15.9. The molecule has 1 aromatic carbocycles. The quantitative estimate of drug-likeness (QED) is 0.803.